The van der Waals surface area contributed by atoms with Crippen LogP contribution in [0.5, 0.6) is 0 Å². The Kier molecular flexibility index (Phi) is 7.33. The van der Waals surface area contributed by atoms with Crippen LogP contribution in [0.15, 0.2) is 76.5 Å². The summed E-state index contributed by atoms with van der Waals surface area (Å²) in [6, 6.07) is 15.1. The second kappa shape index (κ2) is 10.8. The molecule has 4 aromatic rings. The van der Waals surface area contributed by atoms with Crippen molar-refractivity contribution in [3.63, 3.8) is 0 Å². The maximum absolute atomic E-state index is 12.7. The van der Waals surface area contributed by atoms with E-state index in [1.807, 2.05) is 0 Å². The van der Waals surface area contributed by atoms with Gasteiger partial charge in [0.25, 0.3) is 32.1 Å². The van der Waals surface area contributed by atoms with Gasteiger partial charge in [-0.05, 0) is 55.5 Å². The van der Waals surface area contributed by atoms with Gasteiger partial charge in [0.05, 0.1) is 21.7 Å². The van der Waals surface area contributed by atoms with Crippen molar-refractivity contribution < 1.29 is 35.5 Å². The Morgan fingerprint density at radius 3 is 1.90 bits per heavy atom. The first-order chi connectivity index (χ1) is 19.8. The number of amides is 2. The maximum Gasteiger partial charge on any atom is 0.296 e. The summed E-state index contributed by atoms with van der Waals surface area (Å²) in [5, 5.41) is 8.41. The van der Waals surface area contributed by atoms with Crippen LogP contribution in [0.1, 0.15) is 27.6 Å². The van der Waals surface area contributed by atoms with E-state index in [0.717, 1.165) is 11.0 Å². The van der Waals surface area contributed by atoms with Gasteiger partial charge >= 0.3 is 0 Å². The van der Waals surface area contributed by atoms with Gasteiger partial charge in [-0.25, -0.2) is 0 Å². The summed E-state index contributed by atoms with van der Waals surface area (Å²) in [5.41, 5.74) is 0.878. The summed E-state index contributed by atoms with van der Waals surface area (Å²) in [7, 11) is -9.13. The molecule has 2 amide bonds. The Hall–Kier alpha value is -4.97. The minimum Gasteiger partial charge on any atom is -0.324 e. The standard InChI is InChI=1S/C25H21N7O8S2/c1-2-32-21(33)17-11-10-15(13-18(17)22(32)34)27-24-29-23(26-14-6-5-7-16(12-14)41(35,36)37)30-25(31-24)28-19-8-3-4-9-20(19)42(38,39)40/h3-13H,2H2,1H3,(H,35,36,37)(H,38,39,40)(H3,26,27,28,29,30,31). The number of nitrogens with one attached hydrogen (secondary N) is 3. The summed E-state index contributed by atoms with van der Waals surface area (Å²) < 4.78 is 65.9. The fourth-order valence-electron chi connectivity index (χ4n) is 4.11. The Morgan fingerprint density at radius 1 is 0.690 bits per heavy atom. The van der Waals surface area contributed by atoms with E-state index in [2.05, 4.69) is 30.9 Å². The fourth-order valence-corrected chi connectivity index (χ4v) is 5.28. The van der Waals surface area contributed by atoms with Crippen molar-refractivity contribution in [1.29, 1.82) is 0 Å². The van der Waals surface area contributed by atoms with Crippen LogP contribution in [0, 0.1) is 0 Å². The van der Waals surface area contributed by atoms with Crippen molar-refractivity contribution in [2.45, 2.75) is 16.7 Å². The van der Waals surface area contributed by atoms with E-state index in [-0.39, 0.29) is 51.8 Å². The third-order valence-electron chi connectivity index (χ3n) is 5.98. The highest BCUT2D eigenvalue weighted by Crippen LogP contribution is 2.29. The molecule has 15 nitrogen and oxygen atoms in total. The first-order valence-corrected chi connectivity index (χ1v) is 14.9. The minimum absolute atomic E-state index is 0.0576. The van der Waals surface area contributed by atoms with E-state index in [1.165, 1.54) is 60.7 Å². The first-order valence-electron chi connectivity index (χ1n) is 12.0. The number of nitrogens with zero attached hydrogens (tertiary/aromatic N) is 4. The Labute approximate surface area is 239 Å². The van der Waals surface area contributed by atoms with Gasteiger partial charge in [-0.3, -0.25) is 23.6 Å². The van der Waals surface area contributed by atoms with Crippen molar-refractivity contribution in [3.8, 4) is 0 Å². The molecule has 0 radical (unpaired) electrons. The molecule has 3 aromatic carbocycles. The van der Waals surface area contributed by atoms with Crippen LogP contribution in [-0.2, 0) is 20.2 Å². The normalized spacial score (nSPS) is 13.2. The number of carbonyl (C=O) groups is 2. The third kappa shape index (κ3) is 5.88. The largest absolute Gasteiger partial charge is 0.324 e. The molecule has 1 aromatic heterocycles. The lowest BCUT2D eigenvalue weighted by Gasteiger charge is -2.13. The topological polar surface area (TPSA) is 221 Å². The van der Waals surface area contributed by atoms with E-state index >= 15 is 0 Å². The molecule has 0 unspecified atom stereocenters. The Morgan fingerprint density at radius 2 is 1.29 bits per heavy atom. The Bertz CT molecular complexity index is 1970. The SMILES string of the molecule is CCN1C(=O)c2ccc(Nc3nc(Nc4cccc(S(=O)(=O)O)c4)nc(Nc4ccccc4S(=O)(=O)O)n3)cc2C1=O. The summed E-state index contributed by atoms with van der Waals surface area (Å²) in [4.78, 5) is 38.1. The summed E-state index contributed by atoms with van der Waals surface area (Å²) in [5.74, 6) is -1.30. The van der Waals surface area contributed by atoms with Crippen LogP contribution in [-0.4, -0.2) is 64.2 Å². The van der Waals surface area contributed by atoms with Crippen LogP contribution >= 0.6 is 0 Å². The molecule has 42 heavy (non-hydrogen) atoms. The van der Waals surface area contributed by atoms with Gasteiger partial charge in [-0.2, -0.15) is 31.8 Å². The highest BCUT2D eigenvalue weighted by atomic mass is 32.2. The molecular formula is C25H21N7O8S2. The molecular weight excluding hydrogens is 590 g/mol. The van der Waals surface area contributed by atoms with Crippen LogP contribution in [0.4, 0.5) is 34.9 Å². The van der Waals surface area contributed by atoms with Gasteiger partial charge in [0.1, 0.15) is 4.90 Å². The number of hydrogen-bond donors (Lipinski definition) is 5. The molecule has 1 aliphatic rings. The van der Waals surface area contributed by atoms with E-state index in [9.17, 15) is 35.5 Å². The zero-order chi connectivity index (χ0) is 30.2. The zero-order valence-corrected chi connectivity index (χ0v) is 23.1. The van der Waals surface area contributed by atoms with Crippen molar-refractivity contribution in [1.82, 2.24) is 19.9 Å². The number of rotatable bonds is 9. The smallest absolute Gasteiger partial charge is 0.296 e. The predicted octanol–water partition coefficient (Wildman–Crippen LogP) is 3.21. The number of benzene rings is 3. The van der Waals surface area contributed by atoms with E-state index in [0.29, 0.717) is 5.69 Å². The fraction of sp³-hybridized carbons (Fsp3) is 0.0800. The summed E-state index contributed by atoms with van der Waals surface area (Å²) in [6.07, 6.45) is 0. The lowest BCUT2D eigenvalue weighted by molar-refractivity contribution is 0.0662. The van der Waals surface area contributed by atoms with E-state index in [4.69, 9.17) is 0 Å². The van der Waals surface area contributed by atoms with Crippen molar-refractivity contribution in [3.05, 3.63) is 77.9 Å². The second-order valence-electron chi connectivity index (χ2n) is 8.77. The number of anilines is 6. The first kappa shape index (κ1) is 28.6. The number of imide groups is 1. The number of carbonyl (C=O) groups excluding carboxylic acids is 2. The predicted molar refractivity (Wildman–Crippen MR) is 150 cm³/mol. The molecule has 0 atom stereocenters. The minimum atomic E-state index is -4.62. The maximum atomic E-state index is 12.7. The van der Waals surface area contributed by atoms with Gasteiger partial charge in [0, 0.05) is 17.9 Å². The van der Waals surface area contributed by atoms with E-state index in [1.54, 1.807) is 6.92 Å². The second-order valence-corrected chi connectivity index (χ2v) is 11.6. The van der Waals surface area contributed by atoms with Crippen molar-refractivity contribution in [2.75, 3.05) is 22.5 Å². The van der Waals surface area contributed by atoms with Gasteiger partial charge in [-0.1, -0.05) is 18.2 Å². The molecule has 5 rings (SSSR count). The number of hydrogen-bond acceptors (Lipinski definition) is 12. The highest BCUT2D eigenvalue weighted by molar-refractivity contribution is 7.86. The van der Waals surface area contributed by atoms with Crippen LogP contribution < -0.4 is 16.0 Å². The van der Waals surface area contributed by atoms with Gasteiger partial charge in [0.15, 0.2) is 0 Å². The molecule has 1 aliphatic heterocycles. The average molecular weight is 612 g/mol. The van der Waals surface area contributed by atoms with Gasteiger partial charge < -0.3 is 16.0 Å². The Balaban J connectivity index is 1.54. The third-order valence-corrected chi connectivity index (χ3v) is 7.74. The van der Waals surface area contributed by atoms with Crippen molar-refractivity contribution in [2.24, 2.45) is 0 Å². The van der Waals surface area contributed by atoms with Crippen molar-refractivity contribution >= 4 is 67.0 Å². The van der Waals surface area contributed by atoms with Gasteiger partial charge in [-0.15, -0.1) is 0 Å². The molecule has 0 bridgehead atoms. The van der Waals surface area contributed by atoms with Crippen LogP contribution in [0.2, 0.25) is 0 Å². The summed E-state index contributed by atoms with van der Waals surface area (Å²) >= 11 is 0. The molecule has 17 heteroatoms. The lowest BCUT2D eigenvalue weighted by Crippen LogP contribution is -2.29. The van der Waals surface area contributed by atoms with Crippen LogP contribution in [0.25, 0.3) is 0 Å². The number of para-hydroxylation sites is 1. The number of fused-ring (bicyclic) bond motifs is 1. The van der Waals surface area contributed by atoms with Gasteiger partial charge in [0.2, 0.25) is 17.8 Å². The molecule has 0 spiro atoms. The molecule has 5 N–H and O–H groups in total. The molecule has 216 valence electrons. The molecule has 0 saturated carbocycles. The van der Waals surface area contributed by atoms with Crippen LogP contribution in [0.3, 0.4) is 0 Å². The van der Waals surface area contributed by atoms with E-state index < -0.39 is 36.9 Å². The highest BCUT2D eigenvalue weighted by Gasteiger charge is 2.34. The summed E-state index contributed by atoms with van der Waals surface area (Å²) in [6.45, 7) is 1.89. The average Bonchev–Trinajstić information content (AvgIpc) is 3.16. The number of aromatic nitrogens is 3. The monoisotopic (exact) mass is 611 g/mol. The molecule has 0 aliphatic carbocycles. The quantitative estimate of drug-likeness (QED) is 0.135. The molecule has 0 saturated heterocycles. The molecule has 0 fully saturated rings. The lowest BCUT2D eigenvalue weighted by atomic mass is 10.1. The zero-order valence-electron chi connectivity index (χ0n) is 21.5. The molecule has 2 heterocycles.